The first-order chi connectivity index (χ1) is 15.4. The molecule has 1 aliphatic carbocycles. The molecule has 0 saturated carbocycles. The second-order valence-corrected chi connectivity index (χ2v) is 9.86. The lowest BCUT2D eigenvalue weighted by molar-refractivity contribution is -0.122. The molecule has 0 heterocycles. The van der Waals surface area contributed by atoms with Crippen LogP contribution in [0.3, 0.4) is 0 Å². The molecule has 0 spiro atoms. The fraction of sp³-hybridized carbons (Fsp3) is 0.400. The van der Waals surface area contributed by atoms with E-state index < -0.39 is 16.1 Å². The topological polar surface area (TPSA) is 84.5 Å². The Morgan fingerprint density at radius 1 is 1.12 bits per heavy atom. The lowest BCUT2D eigenvalue weighted by atomic mass is 9.97. The van der Waals surface area contributed by atoms with Gasteiger partial charge in [-0.25, -0.2) is 8.42 Å². The van der Waals surface area contributed by atoms with E-state index in [1.807, 2.05) is 30.3 Å². The van der Waals surface area contributed by atoms with Crippen LogP contribution in [0.5, 0.6) is 5.75 Å². The Balaban J connectivity index is 1.73. The number of nitrogens with one attached hydrogen (secondary N) is 2. The first kappa shape index (κ1) is 24.0. The minimum Gasteiger partial charge on any atom is -0.496 e. The minimum atomic E-state index is -3.90. The fourth-order valence-electron chi connectivity index (χ4n) is 3.91. The van der Waals surface area contributed by atoms with E-state index in [4.69, 9.17) is 4.74 Å². The molecule has 0 aliphatic heterocycles. The van der Waals surface area contributed by atoms with Gasteiger partial charge in [-0.3, -0.25) is 4.79 Å². The third kappa shape index (κ3) is 6.68. The molecule has 1 amide bonds. The summed E-state index contributed by atoms with van der Waals surface area (Å²) in [6.45, 7) is 2.28. The van der Waals surface area contributed by atoms with Gasteiger partial charge in [0.1, 0.15) is 11.8 Å². The van der Waals surface area contributed by atoms with Crippen LogP contribution in [-0.2, 0) is 21.2 Å². The van der Waals surface area contributed by atoms with Crippen molar-refractivity contribution in [1.82, 2.24) is 10.0 Å². The average molecular weight is 457 g/mol. The maximum absolute atomic E-state index is 13.1. The van der Waals surface area contributed by atoms with Gasteiger partial charge in [0.25, 0.3) is 0 Å². The second-order valence-electron chi connectivity index (χ2n) is 8.14. The molecular weight excluding hydrogens is 424 g/mol. The number of hydrogen-bond acceptors (Lipinski definition) is 4. The molecule has 6 nitrogen and oxygen atoms in total. The Morgan fingerprint density at radius 2 is 1.91 bits per heavy atom. The van der Waals surface area contributed by atoms with Crippen molar-refractivity contribution in [3.63, 3.8) is 0 Å². The molecular formula is C25H32N2O4S. The average Bonchev–Trinajstić information content (AvgIpc) is 2.80. The largest absolute Gasteiger partial charge is 0.496 e. The van der Waals surface area contributed by atoms with Crippen molar-refractivity contribution in [2.75, 3.05) is 13.7 Å². The van der Waals surface area contributed by atoms with E-state index >= 15 is 0 Å². The quantitative estimate of drug-likeness (QED) is 0.531. The summed E-state index contributed by atoms with van der Waals surface area (Å²) in [5.74, 6) is 0.290. The third-order valence-electron chi connectivity index (χ3n) is 5.70. The number of amides is 1. The molecule has 2 N–H and O–H groups in total. The zero-order valence-corrected chi connectivity index (χ0v) is 19.6. The lowest BCUT2D eigenvalue weighted by Crippen LogP contribution is -2.48. The minimum absolute atomic E-state index is 0.106. The van der Waals surface area contributed by atoms with E-state index in [0.29, 0.717) is 17.9 Å². The predicted octanol–water partition coefficient (Wildman–Crippen LogP) is 3.90. The highest BCUT2D eigenvalue weighted by Gasteiger charge is 2.26. The standard InChI is InChI=1S/C25H32N2O4S/c1-19-17-22(13-14-24(19)31-2)32(29,30)27-23(18-21-11-7-4-8-12-21)25(28)26-16-15-20-9-5-3-6-10-20/h4,7-9,11-14,17,23,27H,3,5-6,10,15-16,18H2,1-2H3,(H,26,28)/t23-/m1/s1. The molecule has 0 fully saturated rings. The summed E-state index contributed by atoms with van der Waals surface area (Å²) in [5, 5.41) is 2.93. The van der Waals surface area contributed by atoms with E-state index in [1.165, 1.54) is 24.5 Å². The highest BCUT2D eigenvalue weighted by atomic mass is 32.2. The van der Waals surface area contributed by atoms with Crippen LogP contribution in [0.15, 0.2) is 65.1 Å². The number of rotatable bonds is 10. The van der Waals surface area contributed by atoms with Crippen LogP contribution >= 0.6 is 0 Å². The number of benzene rings is 2. The molecule has 3 rings (SSSR count). The van der Waals surface area contributed by atoms with Crippen LogP contribution in [0.1, 0.15) is 43.2 Å². The zero-order chi connectivity index (χ0) is 23.0. The lowest BCUT2D eigenvalue weighted by Gasteiger charge is -2.20. The van der Waals surface area contributed by atoms with E-state index in [2.05, 4.69) is 16.1 Å². The molecule has 7 heteroatoms. The summed E-state index contributed by atoms with van der Waals surface area (Å²) in [6.07, 6.45) is 7.91. The van der Waals surface area contributed by atoms with Crippen LogP contribution in [0.2, 0.25) is 0 Å². The Hall–Kier alpha value is -2.64. The van der Waals surface area contributed by atoms with Gasteiger partial charge >= 0.3 is 0 Å². The fourth-order valence-corrected chi connectivity index (χ4v) is 5.19. The molecule has 0 aromatic heterocycles. The normalized spacial score (nSPS) is 15.0. The van der Waals surface area contributed by atoms with Crippen molar-refractivity contribution < 1.29 is 17.9 Å². The van der Waals surface area contributed by atoms with Crippen LogP contribution in [-0.4, -0.2) is 34.0 Å². The highest BCUT2D eigenvalue weighted by molar-refractivity contribution is 7.89. The molecule has 2 aromatic rings. The summed E-state index contributed by atoms with van der Waals surface area (Å²) in [4.78, 5) is 13.1. The van der Waals surface area contributed by atoms with Gasteiger partial charge in [-0.2, -0.15) is 4.72 Å². The number of allylic oxidation sites excluding steroid dienone is 1. The van der Waals surface area contributed by atoms with E-state index in [9.17, 15) is 13.2 Å². The number of hydrogen-bond donors (Lipinski definition) is 2. The Kier molecular flexibility index (Phi) is 8.47. The summed E-state index contributed by atoms with van der Waals surface area (Å²) in [5.41, 5.74) is 2.96. The molecule has 2 aromatic carbocycles. The number of sulfonamides is 1. The molecule has 0 bridgehead atoms. The van der Waals surface area contributed by atoms with Gasteiger partial charge in [0.2, 0.25) is 15.9 Å². The molecule has 0 unspecified atom stereocenters. The van der Waals surface area contributed by atoms with Gasteiger partial charge in [-0.1, -0.05) is 42.0 Å². The van der Waals surface area contributed by atoms with Crippen LogP contribution in [0.4, 0.5) is 0 Å². The van der Waals surface area contributed by atoms with Crippen molar-refractivity contribution in [1.29, 1.82) is 0 Å². The first-order valence-electron chi connectivity index (χ1n) is 11.1. The summed E-state index contributed by atoms with van der Waals surface area (Å²) in [6, 6.07) is 13.2. The first-order valence-corrected chi connectivity index (χ1v) is 12.5. The van der Waals surface area contributed by atoms with Crippen molar-refractivity contribution in [3.05, 3.63) is 71.3 Å². The van der Waals surface area contributed by atoms with Gasteiger partial charge in [0.15, 0.2) is 0 Å². The monoisotopic (exact) mass is 456 g/mol. The van der Waals surface area contributed by atoms with E-state index in [0.717, 1.165) is 24.8 Å². The van der Waals surface area contributed by atoms with Crippen LogP contribution in [0, 0.1) is 6.92 Å². The molecule has 1 atom stereocenters. The SMILES string of the molecule is COc1ccc(S(=O)(=O)N[C@H](Cc2ccccc2)C(=O)NCCC2=CCCCC2)cc1C. The highest BCUT2D eigenvalue weighted by Crippen LogP contribution is 2.22. The third-order valence-corrected chi connectivity index (χ3v) is 7.17. The summed E-state index contributed by atoms with van der Waals surface area (Å²) >= 11 is 0. The zero-order valence-electron chi connectivity index (χ0n) is 18.8. The van der Waals surface area contributed by atoms with E-state index in [-0.39, 0.29) is 17.2 Å². The number of ether oxygens (including phenoxy) is 1. The predicted molar refractivity (Wildman–Crippen MR) is 126 cm³/mol. The molecule has 0 radical (unpaired) electrons. The number of carbonyl (C=O) groups is 1. The molecule has 172 valence electrons. The molecule has 32 heavy (non-hydrogen) atoms. The Labute approximate surface area is 191 Å². The van der Waals surface area contributed by atoms with Gasteiger partial charge < -0.3 is 10.1 Å². The summed E-state index contributed by atoms with van der Waals surface area (Å²) in [7, 11) is -2.36. The molecule has 0 saturated heterocycles. The van der Waals surface area contributed by atoms with Crippen molar-refractivity contribution in [2.45, 2.75) is 56.4 Å². The van der Waals surface area contributed by atoms with Gasteiger partial charge in [0, 0.05) is 6.54 Å². The van der Waals surface area contributed by atoms with E-state index in [1.54, 1.807) is 26.2 Å². The number of methoxy groups -OCH3 is 1. The van der Waals surface area contributed by atoms with Crippen molar-refractivity contribution in [3.8, 4) is 5.75 Å². The van der Waals surface area contributed by atoms with Crippen molar-refractivity contribution >= 4 is 15.9 Å². The van der Waals surface area contributed by atoms with Gasteiger partial charge in [-0.15, -0.1) is 0 Å². The smallest absolute Gasteiger partial charge is 0.241 e. The summed E-state index contributed by atoms with van der Waals surface area (Å²) < 4.78 is 34.0. The Bertz CT molecular complexity index is 1050. The van der Waals surface area contributed by atoms with Gasteiger partial charge in [-0.05, 0) is 74.8 Å². The number of aryl methyl sites for hydroxylation is 1. The maximum atomic E-state index is 13.1. The number of carbonyl (C=O) groups excluding carboxylic acids is 1. The Morgan fingerprint density at radius 3 is 2.56 bits per heavy atom. The van der Waals surface area contributed by atoms with Crippen molar-refractivity contribution in [2.24, 2.45) is 0 Å². The molecule has 1 aliphatic rings. The van der Waals surface area contributed by atoms with Crippen LogP contribution in [0.25, 0.3) is 0 Å². The maximum Gasteiger partial charge on any atom is 0.241 e. The van der Waals surface area contributed by atoms with Gasteiger partial charge in [0.05, 0.1) is 12.0 Å². The van der Waals surface area contributed by atoms with Crippen LogP contribution < -0.4 is 14.8 Å². The second kappa shape index (κ2) is 11.3.